The average Bonchev–Trinajstić information content (AvgIpc) is 2.94. The molecule has 0 amide bonds. The molecule has 2 heterocycles. The summed E-state index contributed by atoms with van der Waals surface area (Å²) in [6, 6.07) is 0. The van der Waals surface area contributed by atoms with Crippen LogP contribution in [0, 0.1) is 0 Å². The van der Waals surface area contributed by atoms with Gasteiger partial charge in [-0.05, 0) is 5.57 Å². The minimum Gasteiger partial charge on any atom is -0.392 e. The Labute approximate surface area is 106 Å². The summed E-state index contributed by atoms with van der Waals surface area (Å²) in [7, 11) is 0. The third-order valence-electron chi connectivity index (χ3n) is 3.37. The minimum atomic E-state index is -1.11. The maximum Gasteiger partial charge on any atom is 0.369 e. The molecule has 1 aliphatic rings. The first-order valence-corrected chi connectivity index (χ1v) is 5.72. The van der Waals surface area contributed by atoms with E-state index in [1.54, 1.807) is 6.08 Å². The second-order valence-electron chi connectivity index (χ2n) is 4.40. The zero-order valence-corrected chi connectivity index (χ0v) is 9.76. The molecule has 3 rings (SSSR count). The number of H-pyrrole nitrogens is 1. The number of aliphatic hydroxyl groups excluding tert-OH is 3. The number of hydrogen-bond acceptors (Lipinski definition) is 6. The van der Waals surface area contributed by atoms with Gasteiger partial charge in [0.05, 0.1) is 12.7 Å². The van der Waals surface area contributed by atoms with Crippen LogP contribution in [-0.4, -0.2) is 53.7 Å². The molecule has 4 N–H and O–H groups in total. The van der Waals surface area contributed by atoms with E-state index in [-0.39, 0.29) is 6.61 Å². The fraction of sp³-hybridized carbons (Fsp3) is 0.364. The smallest absolute Gasteiger partial charge is 0.369 e. The number of aromatic nitrogens is 4. The number of nitrogens with one attached hydrogen (secondary N) is 1. The maximum absolute atomic E-state index is 11.5. The van der Waals surface area contributed by atoms with Crippen LogP contribution in [0.2, 0.25) is 0 Å². The van der Waals surface area contributed by atoms with Gasteiger partial charge in [-0.2, -0.15) is 9.50 Å². The normalized spacial score (nSPS) is 26.9. The van der Waals surface area contributed by atoms with Crippen LogP contribution in [0.3, 0.4) is 0 Å². The van der Waals surface area contributed by atoms with E-state index in [9.17, 15) is 15.0 Å². The molecule has 0 aromatic carbocycles. The van der Waals surface area contributed by atoms with Crippen molar-refractivity contribution in [2.75, 3.05) is 6.61 Å². The molecule has 8 heteroatoms. The Morgan fingerprint density at radius 1 is 1.37 bits per heavy atom. The van der Waals surface area contributed by atoms with E-state index in [0.717, 1.165) is 10.8 Å². The number of nitrogens with zero attached hydrogens (tertiary/aromatic N) is 3. The average molecular weight is 264 g/mol. The lowest BCUT2D eigenvalue weighted by atomic mass is 9.98. The van der Waals surface area contributed by atoms with Crippen molar-refractivity contribution in [2.24, 2.45) is 0 Å². The quantitative estimate of drug-likeness (QED) is 0.472. The minimum absolute atomic E-state index is 0.327. The molecule has 2 aromatic heterocycles. The molecular weight excluding hydrogens is 252 g/mol. The van der Waals surface area contributed by atoms with Crippen molar-refractivity contribution in [1.82, 2.24) is 19.6 Å². The van der Waals surface area contributed by atoms with Gasteiger partial charge in [-0.1, -0.05) is 6.08 Å². The molecular formula is C11H12N4O4. The van der Waals surface area contributed by atoms with Gasteiger partial charge in [0.15, 0.2) is 5.65 Å². The Morgan fingerprint density at radius 3 is 2.84 bits per heavy atom. The van der Waals surface area contributed by atoms with Crippen LogP contribution in [0.25, 0.3) is 5.65 Å². The van der Waals surface area contributed by atoms with E-state index < -0.39 is 23.8 Å². The predicted molar refractivity (Wildman–Crippen MR) is 63.5 cm³/mol. The highest BCUT2D eigenvalue weighted by atomic mass is 16.3. The first-order valence-electron chi connectivity index (χ1n) is 5.72. The molecule has 1 aliphatic carbocycles. The molecule has 0 bridgehead atoms. The molecule has 3 atom stereocenters. The summed E-state index contributed by atoms with van der Waals surface area (Å²) < 4.78 is 1.15. The highest BCUT2D eigenvalue weighted by Crippen LogP contribution is 2.34. The van der Waals surface area contributed by atoms with Gasteiger partial charge in [0.1, 0.15) is 12.4 Å². The van der Waals surface area contributed by atoms with Crippen LogP contribution in [0.4, 0.5) is 0 Å². The fourth-order valence-electron chi connectivity index (χ4n) is 2.37. The lowest BCUT2D eigenvalue weighted by Crippen LogP contribution is -2.27. The van der Waals surface area contributed by atoms with E-state index in [2.05, 4.69) is 15.1 Å². The lowest BCUT2D eigenvalue weighted by molar-refractivity contribution is 0.0407. The summed E-state index contributed by atoms with van der Waals surface area (Å²) in [6.45, 7) is -0.327. The number of fused-ring (bicyclic) bond motifs is 1. The zero-order chi connectivity index (χ0) is 13.6. The largest absolute Gasteiger partial charge is 0.392 e. The zero-order valence-electron chi connectivity index (χ0n) is 9.76. The standard InChI is InChI=1S/C11H12N4O4/c16-3-5-1-6(9(18)8(5)17)7-2-14-15-10(7)12-4-13-11(15)19/h1-2,4,6,8-9,14,16-18H,3H2/t6?,8-,9-/m0/s1. The van der Waals surface area contributed by atoms with Crippen LogP contribution in [0.15, 0.2) is 29.0 Å². The van der Waals surface area contributed by atoms with Gasteiger partial charge < -0.3 is 15.3 Å². The molecule has 0 spiro atoms. The number of hydrogen-bond donors (Lipinski definition) is 4. The van der Waals surface area contributed by atoms with Gasteiger partial charge in [-0.15, -0.1) is 0 Å². The van der Waals surface area contributed by atoms with Crippen molar-refractivity contribution in [2.45, 2.75) is 18.1 Å². The Morgan fingerprint density at radius 2 is 2.16 bits per heavy atom. The van der Waals surface area contributed by atoms with E-state index in [0.29, 0.717) is 16.8 Å². The van der Waals surface area contributed by atoms with Crippen LogP contribution in [0.1, 0.15) is 11.5 Å². The Bertz CT molecular complexity index is 704. The topological polar surface area (TPSA) is 124 Å². The van der Waals surface area contributed by atoms with Gasteiger partial charge in [0.25, 0.3) is 0 Å². The van der Waals surface area contributed by atoms with Crippen LogP contribution in [0.5, 0.6) is 0 Å². The molecule has 0 aliphatic heterocycles. The lowest BCUT2D eigenvalue weighted by Gasteiger charge is -2.16. The molecule has 0 saturated carbocycles. The van der Waals surface area contributed by atoms with E-state index in [4.69, 9.17) is 5.11 Å². The van der Waals surface area contributed by atoms with Crippen molar-refractivity contribution in [3.05, 3.63) is 40.2 Å². The molecule has 100 valence electrons. The van der Waals surface area contributed by atoms with Crippen LogP contribution in [-0.2, 0) is 0 Å². The molecule has 8 nitrogen and oxygen atoms in total. The highest BCUT2D eigenvalue weighted by molar-refractivity contribution is 5.51. The summed E-state index contributed by atoms with van der Waals surface area (Å²) in [6.07, 6.45) is 2.07. The van der Waals surface area contributed by atoms with Crippen molar-refractivity contribution in [1.29, 1.82) is 0 Å². The summed E-state index contributed by atoms with van der Waals surface area (Å²) >= 11 is 0. The van der Waals surface area contributed by atoms with Gasteiger partial charge in [-0.3, -0.25) is 5.10 Å². The Kier molecular flexibility index (Phi) is 2.70. The third kappa shape index (κ3) is 1.69. The van der Waals surface area contributed by atoms with Crippen molar-refractivity contribution < 1.29 is 15.3 Å². The molecule has 0 fully saturated rings. The first-order chi connectivity index (χ1) is 9.13. The van der Waals surface area contributed by atoms with E-state index in [1.165, 1.54) is 6.20 Å². The van der Waals surface area contributed by atoms with Gasteiger partial charge >= 0.3 is 5.69 Å². The third-order valence-corrected chi connectivity index (χ3v) is 3.37. The first kappa shape index (κ1) is 12.0. The number of aliphatic hydroxyl groups is 3. The summed E-state index contributed by atoms with van der Waals surface area (Å²) in [5.74, 6) is -0.535. The monoisotopic (exact) mass is 264 g/mol. The van der Waals surface area contributed by atoms with Crippen LogP contribution >= 0.6 is 0 Å². The molecule has 19 heavy (non-hydrogen) atoms. The van der Waals surface area contributed by atoms with Gasteiger partial charge in [0, 0.05) is 17.7 Å². The Balaban J connectivity index is 2.13. The second-order valence-corrected chi connectivity index (χ2v) is 4.40. The van der Waals surface area contributed by atoms with Crippen molar-refractivity contribution in [3.63, 3.8) is 0 Å². The predicted octanol–water partition coefficient (Wildman–Crippen LogP) is -1.84. The molecule has 0 saturated heterocycles. The van der Waals surface area contributed by atoms with Gasteiger partial charge in [0.2, 0.25) is 0 Å². The molecule has 0 radical (unpaired) electrons. The maximum atomic E-state index is 11.5. The number of aromatic amines is 1. The Hall–Kier alpha value is -2.03. The molecule has 2 aromatic rings. The SMILES string of the molecule is O=c1ncnc2c(C3C=C(CO)[C@H](O)[C@H]3O)c[nH]n12. The summed E-state index contributed by atoms with van der Waals surface area (Å²) in [5, 5.41) is 31.6. The van der Waals surface area contributed by atoms with Crippen molar-refractivity contribution >= 4 is 5.65 Å². The summed E-state index contributed by atoms with van der Waals surface area (Å²) in [4.78, 5) is 19.0. The van der Waals surface area contributed by atoms with E-state index in [1.807, 2.05) is 0 Å². The van der Waals surface area contributed by atoms with Crippen LogP contribution < -0.4 is 5.69 Å². The summed E-state index contributed by atoms with van der Waals surface area (Å²) in [5.41, 5.74) is 0.755. The highest BCUT2D eigenvalue weighted by Gasteiger charge is 2.36. The number of rotatable bonds is 2. The second kappa shape index (κ2) is 4.26. The van der Waals surface area contributed by atoms with E-state index >= 15 is 0 Å². The molecule has 1 unspecified atom stereocenters. The fourth-order valence-corrected chi connectivity index (χ4v) is 2.37. The van der Waals surface area contributed by atoms with Crippen molar-refractivity contribution in [3.8, 4) is 0 Å². The van der Waals surface area contributed by atoms with Gasteiger partial charge in [-0.25, -0.2) is 9.78 Å².